The van der Waals surface area contributed by atoms with Crippen molar-refractivity contribution in [3.63, 3.8) is 0 Å². The van der Waals surface area contributed by atoms with Gasteiger partial charge in [0, 0.05) is 23.1 Å². The third-order valence-corrected chi connectivity index (χ3v) is 6.02. The van der Waals surface area contributed by atoms with Gasteiger partial charge in [-0.05, 0) is 48.7 Å². The highest BCUT2D eigenvalue weighted by Gasteiger charge is 2.26. The molecule has 0 radical (unpaired) electrons. The van der Waals surface area contributed by atoms with E-state index >= 15 is 0 Å². The molecule has 10 heteroatoms. The molecule has 6 nitrogen and oxygen atoms in total. The van der Waals surface area contributed by atoms with Crippen LogP contribution >= 0.6 is 23.4 Å². The standard InChI is InChI=1S/C23H17ClF2N4O2S/c1-33-14-6-7-15-19(9-14)28-12-30(23(15)32)20(10-16-17(25)3-2-4-18(16)26)22(31)29-21-8-5-13(24)11-27-21/h2-9,11-12,20H,10H2,1H3,(H,27,29,31). The number of carbonyl (C=O) groups excluding carboxylic acids is 1. The number of pyridine rings is 1. The molecule has 2 aromatic carbocycles. The molecule has 0 aliphatic rings. The Labute approximate surface area is 196 Å². The summed E-state index contributed by atoms with van der Waals surface area (Å²) in [7, 11) is 0. The van der Waals surface area contributed by atoms with E-state index in [4.69, 9.17) is 11.6 Å². The molecule has 4 aromatic rings. The number of nitrogens with zero attached hydrogens (tertiary/aromatic N) is 3. The van der Waals surface area contributed by atoms with Crippen molar-refractivity contribution in [2.75, 3.05) is 11.6 Å². The van der Waals surface area contributed by atoms with E-state index in [1.165, 1.54) is 42.5 Å². The van der Waals surface area contributed by atoms with Gasteiger partial charge in [0.25, 0.3) is 5.56 Å². The van der Waals surface area contributed by atoms with E-state index in [0.717, 1.165) is 21.6 Å². The van der Waals surface area contributed by atoms with Crippen LogP contribution in [0.4, 0.5) is 14.6 Å². The first-order valence-corrected chi connectivity index (χ1v) is 11.4. The Morgan fingerprint density at radius 1 is 1.15 bits per heavy atom. The van der Waals surface area contributed by atoms with Crippen molar-refractivity contribution in [3.8, 4) is 0 Å². The summed E-state index contributed by atoms with van der Waals surface area (Å²) >= 11 is 7.33. The number of hydrogen-bond donors (Lipinski definition) is 1. The lowest BCUT2D eigenvalue weighted by atomic mass is 10.0. The highest BCUT2D eigenvalue weighted by atomic mass is 35.5. The second-order valence-electron chi connectivity index (χ2n) is 7.11. The topological polar surface area (TPSA) is 76.9 Å². The third-order valence-electron chi connectivity index (χ3n) is 5.07. The maximum absolute atomic E-state index is 14.4. The van der Waals surface area contributed by atoms with Gasteiger partial charge in [0.05, 0.1) is 22.3 Å². The van der Waals surface area contributed by atoms with Crippen molar-refractivity contribution < 1.29 is 13.6 Å². The Balaban J connectivity index is 1.79. The molecule has 33 heavy (non-hydrogen) atoms. The first-order chi connectivity index (χ1) is 15.9. The van der Waals surface area contributed by atoms with Crippen LogP contribution in [0, 0.1) is 11.6 Å². The zero-order valence-electron chi connectivity index (χ0n) is 17.3. The van der Waals surface area contributed by atoms with Gasteiger partial charge in [-0.15, -0.1) is 11.8 Å². The molecule has 1 unspecified atom stereocenters. The van der Waals surface area contributed by atoms with Crippen molar-refractivity contribution >= 4 is 46.0 Å². The lowest BCUT2D eigenvalue weighted by Crippen LogP contribution is -2.35. The molecule has 168 valence electrons. The van der Waals surface area contributed by atoms with E-state index in [-0.39, 0.29) is 16.8 Å². The Kier molecular flexibility index (Phi) is 6.71. The molecule has 1 N–H and O–H groups in total. The highest BCUT2D eigenvalue weighted by molar-refractivity contribution is 7.98. The molecule has 0 saturated carbocycles. The van der Waals surface area contributed by atoms with Crippen LogP contribution in [0.2, 0.25) is 5.02 Å². The zero-order chi connectivity index (χ0) is 23.5. The molecule has 2 heterocycles. The second kappa shape index (κ2) is 9.68. The molecule has 0 spiro atoms. The van der Waals surface area contributed by atoms with Crippen molar-refractivity contribution in [1.29, 1.82) is 0 Å². The van der Waals surface area contributed by atoms with Crippen LogP contribution in [-0.4, -0.2) is 26.7 Å². The zero-order valence-corrected chi connectivity index (χ0v) is 18.8. The van der Waals surface area contributed by atoms with Gasteiger partial charge in [0.15, 0.2) is 0 Å². The average Bonchev–Trinajstić information content (AvgIpc) is 2.81. The second-order valence-corrected chi connectivity index (χ2v) is 8.43. The molecule has 1 atom stereocenters. The normalized spacial score (nSPS) is 12.0. The fourth-order valence-corrected chi connectivity index (χ4v) is 3.91. The minimum atomic E-state index is -1.29. The summed E-state index contributed by atoms with van der Waals surface area (Å²) in [6.45, 7) is 0. The fraction of sp³-hybridized carbons (Fsp3) is 0.130. The largest absolute Gasteiger partial charge is 0.309 e. The van der Waals surface area contributed by atoms with Gasteiger partial charge in [-0.2, -0.15) is 0 Å². The Hall–Kier alpha value is -3.30. The van der Waals surface area contributed by atoms with Crippen LogP contribution in [0.15, 0.2) is 70.7 Å². The summed E-state index contributed by atoms with van der Waals surface area (Å²) < 4.78 is 29.9. The Morgan fingerprint density at radius 2 is 1.91 bits per heavy atom. The molecule has 0 aliphatic carbocycles. The summed E-state index contributed by atoms with van der Waals surface area (Å²) in [5.74, 6) is -2.14. The van der Waals surface area contributed by atoms with Gasteiger partial charge in [-0.3, -0.25) is 14.2 Å². The minimum Gasteiger partial charge on any atom is -0.309 e. The minimum absolute atomic E-state index is 0.176. The first-order valence-electron chi connectivity index (χ1n) is 9.77. The van der Waals surface area contributed by atoms with Crippen LogP contribution in [-0.2, 0) is 11.2 Å². The highest BCUT2D eigenvalue weighted by Crippen LogP contribution is 2.23. The van der Waals surface area contributed by atoms with Gasteiger partial charge in [0.1, 0.15) is 23.5 Å². The number of carbonyl (C=O) groups is 1. The number of aromatic nitrogens is 3. The average molecular weight is 487 g/mol. The van der Waals surface area contributed by atoms with E-state index in [1.807, 2.05) is 6.26 Å². The predicted molar refractivity (Wildman–Crippen MR) is 125 cm³/mol. The smallest absolute Gasteiger partial charge is 0.261 e. The monoisotopic (exact) mass is 486 g/mol. The SMILES string of the molecule is CSc1ccc2c(=O)n(C(Cc3c(F)cccc3F)C(=O)Nc3ccc(Cl)cn3)cnc2c1. The molecule has 0 fully saturated rings. The van der Waals surface area contributed by atoms with E-state index < -0.39 is 35.6 Å². The van der Waals surface area contributed by atoms with Gasteiger partial charge >= 0.3 is 0 Å². The molecule has 0 saturated heterocycles. The number of thioether (sulfide) groups is 1. The van der Waals surface area contributed by atoms with Crippen LogP contribution in [0.5, 0.6) is 0 Å². The van der Waals surface area contributed by atoms with Crippen LogP contribution in [0.3, 0.4) is 0 Å². The number of hydrogen-bond acceptors (Lipinski definition) is 5. The lowest BCUT2D eigenvalue weighted by Gasteiger charge is -2.20. The van der Waals surface area contributed by atoms with Crippen molar-refractivity contribution in [2.45, 2.75) is 17.4 Å². The van der Waals surface area contributed by atoms with E-state index in [9.17, 15) is 18.4 Å². The fourth-order valence-electron chi connectivity index (χ4n) is 3.36. The summed E-state index contributed by atoms with van der Waals surface area (Å²) in [5, 5.41) is 3.23. The summed E-state index contributed by atoms with van der Waals surface area (Å²) in [6.07, 6.45) is 4.05. The molecular weight excluding hydrogens is 470 g/mol. The van der Waals surface area contributed by atoms with Crippen molar-refractivity contribution in [1.82, 2.24) is 14.5 Å². The molecule has 4 rings (SSSR count). The van der Waals surface area contributed by atoms with Crippen molar-refractivity contribution in [3.05, 3.63) is 93.6 Å². The van der Waals surface area contributed by atoms with Crippen molar-refractivity contribution in [2.24, 2.45) is 0 Å². The maximum atomic E-state index is 14.4. The van der Waals surface area contributed by atoms with Crippen LogP contribution in [0.1, 0.15) is 11.6 Å². The van der Waals surface area contributed by atoms with Gasteiger partial charge in [-0.25, -0.2) is 18.7 Å². The number of rotatable bonds is 6. The number of amides is 1. The molecular formula is C23H17ClF2N4O2S. The number of benzene rings is 2. The number of nitrogens with one attached hydrogen (secondary N) is 1. The van der Waals surface area contributed by atoms with Gasteiger partial charge < -0.3 is 5.32 Å². The number of halogens is 3. The van der Waals surface area contributed by atoms with Gasteiger partial charge in [0.2, 0.25) is 5.91 Å². The maximum Gasteiger partial charge on any atom is 0.261 e. The predicted octanol–water partition coefficient (Wildman–Crippen LogP) is 4.87. The molecule has 1 amide bonds. The van der Waals surface area contributed by atoms with E-state index in [1.54, 1.807) is 18.2 Å². The first kappa shape index (κ1) is 22.9. The third kappa shape index (κ3) is 4.89. The van der Waals surface area contributed by atoms with Crippen LogP contribution in [0.25, 0.3) is 10.9 Å². The Bertz CT molecular complexity index is 1380. The molecule has 0 aliphatic heterocycles. The molecule has 2 aromatic heterocycles. The summed E-state index contributed by atoms with van der Waals surface area (Å²) in [5.41, 5.74) is -0.362. The Morgan fingerprint density at radius 3 is 2.58 bits per heavy atom. The summed E-state index contributed by atoms with van der Waals surface area (Å²) in [4.78, 5) is 35.7. The van der Waals surface area contributed by atoms with Crippen LogP contribution < -0.4 is 10.9 Å². The summed E-state index contributed by atoms with van der Waals surface area (Å²) in [6, 6.07) is 10.3. The molecule has 0 bridgehead atoms. The number of fused-ring (bicyclic) bond motifs is 1. The van der Waals surface area contributed by atoms with Gasteiger partial charge in [-0.1, -0.05) is 17.7 Å². The number of anilines is 1. The lowest BCUT2D eigenvalue weighted by molar-refractivity contribution is -0.119. The van der Waals surface area contributed by atoms with E-state index in [0.29, 0.717) is 10.5 Å². The van der Waals surface area contributed by atoms with E-state index in [2.05, 4.69) is 15.3 Å². The quantitative estimate of drug-likeness (QED) is 0.393.